The van der Waals surface area contributed by atoms with E-state index in [-0.39, 0.29) is 17.7 Å². The number of nitrogens with zero attached hydrogens (tertiary/aromatic N) is 1. The van der Waals surface area contributed by atoms with Crippen LogP contribution in [0.15, 0.2) is 30.3 Å². The van der Waals surface area contributed by atoms with Crippen molar-refractivity contribution in [2.75, 3.05) is 13.6 Å². The molecule has 1 aromatic rings. The maximum atomic E-state index is 12.9. The Kier molecular flexibility index (Phi) is 6.59. The van der Waals surface area contributed by atoms with Gasteiger partial charge in [-0.2, -0.15) is 0 Å². The molecule has 1 saturated carbocycles. The lowest BCUT2D eigenvalue weighted by atomic mass is 9.96. The fourth-order valence-electron chi connectivity index (χ4n) is 3.45. The van der Waals surface area contributed by atoms with Crippen molar-refractivity contribution in [3.8, 4) is 0 Å². The van der Waals surface area contributed by atoms with Gasteiger partial charge in [-0.05, 0) is 30.9 Å². The summed E-state index contributed by atoms with van der Waals surface area (Å²) in [4.78, 5) is 27.0. The van der Waals surface area contributed by atoms with Gasteiger partial charge in [0, 0.05) is 19.2 Å². The lowest BCUT2D eigenvalue weighted by Gasteiger charge is -2.33. The quantitative estimate of drug-likeness (QED) is 0.797. The van der Waals surface area contributed by atoms with Gasteiger partial charge in [0.2, 0.25) is 5.91 Å². The molecule has 1 fully saturated rings. The molecule has 2 rings (SSSR count). The molecule has 2 amide bonds. The van der Waals surface area contributed by atoms with Crippen molar-refractivity contribution in [2.24, 2.45) is 5.92 Å². The van der Waals surface area contributed by atoms with Gasteiger partial charge in [0.1, 0.15) is 6.04 Å². The van der Waals surface area contributed by atoms with Crippen LogP contribution in [0, 0.1) is 5.92 Å². The molecular weight excluding hydrogens is 316 g/mol. The van der Waals surface area contributed by atoms with Gasteiger partial charge in [0.05, 0.1) is 5.60 Å². The maximum absolute atomic E-state index is 12.9. The second-order valence-corrected chi connectivity index (χ2v) is 7.33. The summed E-state index contributed by atoms with van der Waals surface area (Å²) in [6.07, 6.45) is 4.24. The predicted molar refractivity (Wildman–Crippen MR) is 98.2 cm³/mol. The monoisotopic (exact) mass is 346 g/mol. The molecule has 2 unspecified atom stereocenters. The highest BCUT2D eigenvalue weighted by molar-refractivity contribution is 5.97. The molecule has 0 saturated heterocycles. The normalized spacial score (nSPS) is 18.4. The largest absolute Gasteiger partial charge is 0.388 e. The van der Waals surface area contributed by atoms with E-state index < -0.39 is 11.6 Å². The summed E-state index contributed by atoms with van der Waals surface area (Å²) in [5.41, 5.74) is -0.242. The van der Waals surface area contributed by atoms with Gasteiger partial charge >= 0.3 is 0 Å². The molecule has 0 radical (unpaired) electrons. The minimum absolute atomic E-state index is 0.0147. The first-order chi connectivity index (χ1) is 11.9. The number of likely N-dealkylation sites (N-methyl/N-ethyl adjacent to an activating group) is 1. The molecule has 1 aromatic carbocycles. The van der Waals surface area contributed by atoms with Gasteiger partial charge in [0.15, 0.2) is 0 Å². The Balaban J connectivity index is 2.07. The van der Waals surface area contributed by atoms with Crippen LogP contribution in [-0.4, -0.2) is 47.1 Å². The van der Waals surface area contributed by atoms with Gasteiger partial charge in [-0.3, -0.25) is 9.59 Å². The summed E-state index contributed by atoms with van der Waals surface area (Å²) < 4.78 is 0. The Morgan fingerprint density at radius 3 is 2.40 bits per heavy atom. The first kappa shape index (κ1) is 19.4. The van der Waals surface area contributed by atoms with Gasteiger partial charge < -0.3 is 15.3 Å². The summed E-state index contributed by atoms with van der Waals surface area (Å²) in [7, 11) is 1.71. The first-order valence-electron chi connectivity index (χ1n) is 9.19. The molecule has 0 heterocycles. The van der Waals surface area contributed by atoms with Crippen LogP contribution in [0.1, 0.15) is 56.3 Å². The molecule has 0 bridgehead atoms. The van der Waals surface area contributed by atoms with Crippen molar-refractivity contribution in [3.05, 3.63) is 35.9 Å². The highest BCUT2D eigenvalue weighted by atomic mass is 16.3. The summed E-state index contributed by atoms with van der Waals surface area (Å²) in [5.74, 6) is -0.369. The van der Waals surface area contributed by atoms with Crippen molar-refractivity contribution in [1.29, 1.82) is 0 Å². The summed E-state index contributed by atoms with van der Waals surface area (Å²) in [6.45, 7) is 4.29. The van der Waals surface area contributed by atoms with Crippen molar-refractivity contribution >= 4 is 11.8 Å². The highest BCUT2D eigenvalue weighted by Gasteiger charge is 2.36. The highest BCUT2D eigenvalue weighted by Crippen LogP contribution is 2.30. The fourth-order valence-corrected chi connectivity index (χ4v) is 3.45. The topological polar surface area (TPSA) is 69.6 Å². The van der Waals surface area contributed by atoms with E-state index in [4.69, 9.17) is 0 Å². The molecule has 0 spiro atoms. The molecule has 1 aliphatic carbocycles. The Hall–Kier alpha value is -1.88. The Labute approximate surface area is 150 Å². The molecule has 0 aliphatic heterocycles. The number of benzene rings is 1. The van der Waals surface area contributed by atoms with E-state index in [1.165, 1.54) is 0 Å². The minimum atomic E-state index is -0.784. The van der Waals surface area contributed by atoms with Gasteiger partial charge in [-0.25, -0.2) is 0 Å². The number of hydrogen-bond acceptors (Lipinski definition) is 3. The van der Waals surface area contributed by atoms with Crippen LogP contribution in [0.2, 0.25) is 0 Å². The smallest absolute Gasteiger partial charge is 0.251 e. The molecule has 5 nitrogen and oxygen atoms in total. The fraction of sp³-hybridized carbons (Fsp3) is 0.600. The average Bonchev–Trinajstić information content (AvgIpc) is 3.04. The number of carbonyl (C=O) groups is 2. The third-order valence-electron chi connectivity index (χ3n) is 5.24. The molecule has 2 atom stereocenters. The molecular formula is C20H30N2O3. The Bertz CT molecular complexity index is 582. The summed E-state index contributed by atoms with van der Waals surface area (Å²) in [6, 6.07) is 8.34. The van der Waals surface area contributed by atoms with Gasteiger partial charge in [-0.1, -0.05) is 51.3 Å². The Morgan fingerprint density at radius 1 is 1.24 bits per heavy atom. The zero-order valence-corrected chi connectivity index (χ0v) is 15.5. The van der Waals surface area contributed by atoms with E-state index in [1.54, 1.807) is 36.2 Å². The number of carbonyl (C=O) groups excluding carboxylic acids is 2. The van der Waals surface area contributed by atoms with E-state index in [2.05, 4.69) is 5.32 Å². The van der Waals surface area contributed by atoms with Crippen molar-refractivity contribution in [3.63, 3.8) is 0 Å². The van der Waals surface area contributed by atoms with Crippen molar-refractivity contribution < 1.29 is 14.7 Å². The SMILES string of the molecule is CCC(C)C(NC(=O)c1ccccc1)C(=O)N(C)CC1(O)CCCC1. The van der Waals surface area contributed by atoms with Crippen LogP contribution in [-0.2, 0) is 4.79 Å². The van der Waals surface area contributed by atoms with Gasteiger partial charge in [-0.15, -0.1) is 0 Å². The lowest BCUT2D eigenvalue weighted by Crippen LogP contribution is -2.53. The number of nitrogens with one attached hydrogen (secondary N) is 1. The van der Waals surface area contributed by atoms with Crippen molar-refractivity contribution in [1.82, 2.24) is 10.2 Å². The predicted octanol–water partition coefficient (Wildman–Crippen LogP) is 2.59. The number of amides is 2. The van der Waals surface area contributed by atoms with Gasteiger partial charge in [0.25, 0.3) is 5.91 Å². The standard InChI is InChI=1S/C20H30N2O3/c1-4-15(2)17(21-18(23)16-10-6-5-7-11-16)19(24)22(3)14-20(25)12-8-9-13-20/h5-7,10-11,15,17,25H,4,8-9,12-14H2,1-3H3,(H,21,23). The molecule has 1 aliphatic rings. The minimum Gasteiger partial charge on any atom is -0.388 e. The molecule has 25 heavy (non-hydrogen) atoms. The molecule has 0 aromatic heterocycles. The van der Waals surface area contributed by atoms with E-state index in [1.807, 2.05) is 19.9 Å². The van der Waals surface area contributed by atoms with Crippen LogP contribution in [0.25, 0.3) is 0 Å². The van der Waals surface area contributed by atoms with Crippen LogP contribution < -0.4 is 5.32 Å². The molecule has 5 heteroatoms. The molecule has 138 valence electrons. The zero-order chi connectivity index (χ0) is 18.4. The maximum Gasteiger partial charge on any atom is 0.251 e. The number of hydrogen-bond donors (Lipinski definition) is 2. The van der Waals surface area contributed by atoms with E-state index in [0.717, 1.165) is 32.1 Å². The van der Waals surface area contributed by atoms with Crippen LogP contribution in [0.5, 0.6) is 0 Å². The van der Waals surface area contributed by atoms with E-state index in [9.17, 15) is 14.7 Å². The molecule has 2 N–H and O–H groups in total. The second-order valence-electron chi connectivity index (χ2n) is 7.33. The summed E-state index contributed by atoms with van der Waals surface area (Å²) in [5, 5.41) is 13.5. The van der Waals surface area contributed by atoms with E-state index >= 15 is 0 Å². The summed E-state index contributed by atoms with van der Waals surface area (Å²) >= 11 is 0. The zero-order valence-electron chi connectivity index (χ0n) is 15.5. The second kappa shape index (κ2) is 8.48. The lowest BCUT2D eigenvalue weighted by molar-refractivity contribution is -0.136. The number of aliphatic hydroxyl groups is 1. The first-order valence-corrected chi connectivity index (χ1v) is 9.19. The number of rotatable bonds is 7. The van der Waals surface area contributed by atoms with Crippen LogP contribution in [0.4, 0.5) is 0 Å². The van der Waals surface area contributed by atoms with Crippen LogP contribution in [0.3, 0.4) is 0 Å². The third-order valence-corrected chi connectivity index (χ3v) is 5.24. The average molecular weight is 346 g/mol. The van der Waals surface area contributed by atoms with E-state index in [0.29, 0.717) is 12.1 Å². The third kappa shape index (κ3) is 5.05. The Morgan fingerprint density at radius 2 is 1.84 bits per heavy atom. The van der Waals surface area contributed by atoms with Crippen molar-refractivity contribution in [2.45, 2.75) is 57.6 Å². The van der Waals surface area contributed by atoms with Crippen LogP contribution >= 0.6 is 0 Å².